The Morgan fingerprint density at radius 3 is 2.58 bits per heavy atom. The highest BCUT2D eigenvalue weighted by atomic mass is 19.1. The molecule has 128 valence electrons. The summed E-state index contributed by atoms with van der Waals surface area (Å²) in [5.74, 6) is 3.36. The van der Waals surface area contributed by atoms with Crippen molar-refractivity contribution in [2.45, 2.75) is 44.2 Å². The van der Waals surface area contributed by atoms with Crippen LogP contribution in [0.5, 0.6) is 5.75 Å². The zero-order valence-electron chi connectivity index (χ0n) is 14.0. The number of benzene rings is 1. The minimum Gasteiger partial charge on any atom is -0.492 e. The molecule has 0 saturated heterocycles. The zero-order chi connectivity index (χ0) is 16.5. The monoisotopic (exact) mass is 330 g/mol. The fourth-order valence-electron chi connectivity index (χ4n) is 2.97. The SMILES string of the molecule is CN(CCOc1ccc(F)cc1)Cc1nnc(C2CC2)n1C1CC1. The van der Waals surface area contributed by atoms with Crippen molar-refractivity contribution >= 4 is 0 Å². The van der Waals surface area contributed by atoms with Crippen LogP contribution in [0.25, 0.3) is 0 Å². The fourth-order valence-corrected chi connectivity index (χ4v) is 2.97. The molecular formula is C18H23FN4O. The lowest BCUT2D eigenvalue weighted by atomic mass is 10.3. The second kappa shape index (κ2) is 6.51. The Bertz CT molecular complexity index is 692. The number of ether oxygens (including phenoxy) is 1. The third kappa shape index (κ3) is 3.59. The van der Waals surface area contributed by atoms with Gasteiger partial charge in [-0.15, -0.1) is 10.2 Å². The lowest BCUT2D eigenvalue weighted by Gasteiger charge is -2.17. The summed E-state index contributed by atoms with van der Waals surface area (Å²) >= 11 is 0. The summed E-state index contributed by atoms with van der Waals surface area (Å²) < 4.78 is 20.9. The van der Waals surface area contributed by atoms with Crippen molar-refractivity contribution in [1.29, 1.82) is 0 Å². The second-order valence-corrected chi connectivity index (χ2v) is 6.89. The van der Waals surface area contributed by atoms with Gasteiger partial charge in [-0.1, -0.05) is 0 Å². The van der Waals surface area contributed by atoms with Crippen molar-refractivity contribution in [3.8, 4) is 5.75 Å². The molecule has 0 radical (unpaired) electrons. The van der Waals surface area contributed by atoms with E-state index in [2.05, 4.69) is 26.7 Å². The van der Waals surface area contributed by atoms with Crippen molar-refractivity contribution in [2.75, 3.05) is 20.2 Å². The first-order valence-electron chi connectivity index (χ1n) is 8.71. The highest BCUT2D eigenvalue weighted by Crippen LogP contribution is 2.44. The summed E-state index contributed by atoms with van der Waals surface area (Å²) in [4.78, 5) is 2.20. The summed E-state index contributed by atoms with van der Waals surface area (Å²) in [7, 11) is 2.07. The van der Waals surface area contributed by atoms with E-state index in [0.717, 1.165) is 18.9 Å². The van der Waals surface area contributed by atoms with Crippen LogP contribution in [0.2, 0.25) is 0 Å². The molecule has 5 nitrogen and oxygen atoms in total. The Balaban J connectivity index is 1.31. The number of likely N-dealkylation sites (N-methyl/N-ethyl adjacent to an activating group) is 1. The molecule has 1 heterocycles. The van der Waals surface area contributed by atoms with E-state index in [1.54, 1.807) is 12.1 Å². The van der Waals surface area contributed by atoms with Gasteiger partial charge in [-0.05, 0) is 57.0 Å². The van der Waals surface area contributed by atoms with Gasteiger partial charge in [0.05, 0.1) is 6.54 Å². The van der Waals surface area contributed by atoms with Gasteiger partial charge in [0, 0.05) is 18.5 Å². The average molecular weight is 330 g/mol. The molecule has 0 bridgehead atoms. The predicted molar refractivity (Wildman–Crippen MR) is 88.5 cm³/mol. The van der Waals surface area contributed by atoms with E-state index in [1.165, 1.54) is 43.6 Å². The van der Waals surface area contributed by atoms with E-state index in [-0.39, 0.29) is 5.82 Å². The van der Waals surface area contributed by atoms with E-state index in [0.29, 0.717) is 24.3 Å². The van der Waals surface area contributed by atoms with Gasteiger partial charge in [-0.25, -0.2) is 4.39 Å². The van der Waals surface area contributed by atoms with Crippen LogP contribution in [-0.4, -0.2) is 39.9 Å². The topological polar surface area (TPSA) is 43.2 Å². The van der Waals surface area contributed by atoms with Crippen molar-refractivity contribution < 1.29 is 9.13 Å². The van der Waals surface area contributed by atoms with Crippen LogP contribution in [0.4, 0.5) is 4.39 Å². The predicted octanol–water partition coefficient (Wildman–Crippen LogP) is 3.14. The maximum absolute atomic E-state index is 12.9. The van der Waals surface area contributed by atoms with E-state index in [4.69, 9.17) is 4.74 Å². The number of halogens is 1. The van der Waals surface area contributed by atoms with Gasteiger partial charge in [0.2, 0.25) is 0 Å². The molecule has 0 spiro atoms. The molecule has 0 unspecified atom stereocenters. The van der Waals surface area contributed by atoms with E-state index >= 15 is 0 Å². The third-order valence-electron chi connectivity index (χ3n) is 4.61. The first-order valence-corrected chi connectivity index (χ1v) is 8.71. The minimum absolute atomic E-state index is 0.245. The van der Waals surface area contributed by atoms with Crippen molar-refractivity contribution in [2.24, 2.45) is 0 Å². The summed E-state index contributed by atoms with van der Waals surface area (Å²) in [6.45, 7) is 2.13. The Labute approximate surface area is 141 Å². The van der Waals surface area contributed by atoms with E-state index in [1.807, 2.05) is 0 Å². The first kappa shape index (κ1) is 15.6. The van der Waals surface area contributed by atoms with Crippen LogP contribution in [0.1, 0.15) is 49.3 Å². The second-order valence-electron chi connectivity index (χ2n) is 6.89. The first-order chi connectivity index (χ1) is 11.7. The van der Waals surface area contributed by atoms with Gasteiger partial charge in [0.1, 0.15) is 29.8 Å². The fraction of sp³-hybridized carbons (Fsp3) is 0.556. The molecule has 2 fully saturated rings. The van der Waals surface area contributed by atoms with Gasteiger partial charge in [0.15, 0.2) is 0 Å². The number of hydrogen-bond acceptors (Lipinski definition) is 4. The molecular weight excluding hydrogens is 307 g/mol. The van der Waals surface area contributed by atoms with Gasteiger partial charge in [-0.3, -0.25) is 4.90 Å². The summed E-state index contributed by atoms with van der Waals surface area (Å²) in [6, 6.07) is 6.75. The molecule has 0 atom stereocenters. The summed E-state index contributed by atoms with van der Waals surface area (Å²) in [5, 5.41) is 8.89. The normalized spacial score (nSPS) is 17.5. The van der Waals surface area contributed by atoms with Crippen LogP contribution in [-0.2, 0) is 6.54 Å². The molecule has 0 amide bonds. The molecule has 0 N–H and O–H groups in total. The third-order valence-corrected chi connectivity index (χ3v) is 4.61. The molecule has 0 aliphatic heterocycles. The number of hydrogen-bond donors (Lipinski definition) is 0. The van der Waals surface area contributed by atoms with Crippen molar-refractivity contribution in [3.63, 3.8) is 0 Å². The highest BCUT2D eigenvalue weighted by Gasteiger charge is 2.36. The van der Waals surface area contributed by atoms with E-state index in [9.17, 15) is 4.39 Å². The Hall–Kier alpha value is -1.95. The Kier molecular flexibility index (Phi) is 4.22. The molecule has 24 heavy (non-hydrogen) atoms. The van der Waals surface area contributed by atoms with Gasteiger partial charge >= 0.3 is 0 Å². The quantitative estimate of drug-likeness (QED) is 0.746. The highest BCUT2D eigenvalue weighted by molar-refractivity contribution is 5.22. The Morgan fingerprint density at radius 1 is 1.17 bits per heavy atom. The van der Waals surface area contributed by atoms with Crippen LogP contribution in [0.15, 0.2) is 24.3 Å². The average Bonchev–Trinajstić information content (AvgIpc) is 3.49. The molecule has 4 rings (SSSR count). The number of nitrogens with zero attached hydrogens (tertiary/aromatic N) is 4. The lowest BCUT2D eigenvalue weighted by Crippen LogP contribution is -2.25. The van der Waals surface area contributed by atoms with Crippen LogP contribution < -0.4 is 4.74 Å². The zero-order valence-corrected chi connectivity index (χ0v) is 14.0. The maximum Gasteiger partial charge on any atom is 0.147 e. The summed E-state index contributed by atoms with van der Waals surface area (Å²) in [6.07, 6.45) is 5.02. The largest absolute Gasteiger partial charge is 0.492 e. The van der Waals surface area contributed by atoms with Crippen LogP contribution >= 0.6 is 0 Å². The van der Waals surface area contributed by atoms with Crippen LogP contribution in [0.3, 0.4) is 0 Å². The number of rotatable bonds is 8. The van der Waals surface area contributed by atoms with Crippen molar-refractivity contribution in [3.05, 3.63) is 41.7 Å². The minimum atomic E-state index is -0.245. The molecule has 2 aromatic rings. The van der Waals surface area contributed by atoms with Crippen molar-refractivity contribution in [1.82, 2.24) is 19.7 Å². The standard InChI is InChI=1S/C18H23FN4O/c1-22(10-11-24-16-8-4-14(19)5-9-16)12-17-20-21-18(13-2-3-13)23(17)15-6-7-15/h4-5,8-9,13,15H,2-3,6-7,10-12H2,1H3. The van der Waals surface area contributed by atoms with Gasteiger partial charge in [0.25, 0.3) is 0 Å². The molecule has 6 heteroatoms. The molecule has 2 aliphatic rings. The maximum atomic E-state index is 12.9. The number of aromatic nitrogens is 3. The van der Waals surface area contributed by atoms with E-state index < -0.39 is 0 Å². The summed E-state index contributed by atoms with van der Waals surface area (Å²) in [5.41, 5.74) is 0. The lowest BCUT2D eigenvalue weighted by molar-refractivity contribution is 0.227. The molecule has 1 aromatic heterocycles. The smallest absolute Gasteiger partial charge is 0.147 e. The Morgan fingerprint density at radius 2 is 1.92 bits per heavy atom. The van der Waals surface area contributed by atoms with Crippen LogP contribution in [0, 0.1) is 5.82 Å². The van der Waals surface area contributed by atoms with Gasteiger partial charge in [-0.2, -0.15) is 0 Å². The molecule has 2 saturated carbocycles. The van der Waals surface area contributed by atoms with Gasteiger partial charge < -0.3 is 9.30 Å². The molecule has 1 aromatic carbocycles. The molecule has 2 aliphatic carbocycles.